The van der Waals surface area contributed by atoms with E-state index in [-0.39, 0.29) is 18.2 Å². The molecule has 2 N–H and O–H groups in total. The third kappa shape index (κ3) is 3.73. The summed E-state index contributed by atoms with van der Waals surface area (Å²) in [6, 6.07) is 3.84. The summed E-state index contributed by atoms with van der Waals surface area (Å²) in [5.74, 6) is 0.594. The van der Waals surface area contributed by atoms with Crippen LogP contribution < -0.4 is 15.4 Å². The van der Waals surface area contributed by atoms with Crippen molar-refractivity contribution in [3.63, 3.8) is 0 Å². The van der Waals surface area contributed by atoms with Gasteiger partial charge in [0, 0.05) is 11.4 Å². The van der Waals surface area contributed by atoms with E-state index in [0.29, 0.717) is 37.4 Å². The van der Waals surface area contributed by atoms with Gasteiger partial charge in [-0.3, -0.25) is 4.79 Å². The van der Waals surface area contributed by atoms with Crippen LogP contribution in [0, 0.1) is 0 Å². The topological polar surface area (TPSA) is 79.9 Å². The summed E-state index contributed by atoms with van der Waals surface area (Å²) in [6.45, 7) is 3.15. The maximum Gasteiger partial charge on any atom is 0.410 e. The van der Waals surface area contributed by atoms with Crippen molar-refractivity contribution in [3.8, 4) is 5.75 Å². The maximum absolute atomic E-state index is 12.9. The fourth-order valence-corrected chi connectivity index (χ4v) is 6.43. The zero-order valence-corrected chi connectivity index (χ0v) is 19.8. The SMILES string of the molecule is CCOC(=O)N1CCc2c(sc3c2C(=O)N[C@@H](c2cc(Br)c(OC)c(Br)c2)N3)C1. The number of hydrogen-bond acceptors (Lipinski definition) is 6. The Morgan fingerprint density at radius 2 is 2.03 bits per heavy atom. The number of amides is 2. The highest BCUT2D eigenvalue weighted by Crippen LogP contribution is 2.42. The van der Waals surface area contributed by atoms with Gasteiger partial charge in [-0.2, -0.15) is 0 Å². The van der Waals surface area contributed by atoms with Crippen LogP contribution >= 0.6 is 43.2 Å². The maximum atomic E-state index is 12.9. The Kier molecular flexibility index (Phi) is 5.76. The Morgan fingerprint density at radius 3 is 2.69 bits per heavy atom. The highest BCUT2D eigenvalue weighted by Gasteiger charge is 2.34. The third-order valence-corrected chi connectivity index (χ3v) is 7.24. The second-order valence-electron chi connectivity index (χ2n) is 6.65. The third-order valence-electron chi connectivity index (χ3n) is 4.92. The van der Waals surface area contributed by atoms with Crippen LogP contribution in [0.4, 0.5) is 9.80 Å². The molecule has 154 valence electrons. The number of anilines is 1. The molecule has 0 aliphatic carbocycles. The fourth-order valence-electron chi connectivity index (χ4n) is 3.59. The van der Waals surface area contributed by atoms with Crippen LogP contribution in [0.5, 0.6) is 5.75 Å². The number of fused-ring (bicyclic) bond motifs is 3. The van der Waals surface area contributed by atoms with Crippen LogP contribution in [0.2, 0.25) is 0 Å². The van der Waals surface area contributed by atoms with E-state index in [1.54, 1.807) is 18.9 Å². The van der Waals surface area contributed by atoms with Crippen molar-refractivity contribution in [3.05, 3.63) is 42.6 Å². The summed E-state index contributed by atoms with van der Waals surface area (Å²) in [5, 5.41) is 7.30. The van der Waals surface area contributed by atoms with E-state index in [9.17, 15) is 9.59 Å². The number of carbonyl (C=O) groups is 2. The molecule has 10 heteroatoms. The normalized spacial score (nSPS) is 17.7. The standard InChI is InChI=1S/C19H19Br2N3O4S/c1-3-28-19(26)24-5-4-10-13(8-24)29-18-14(10)17(25)22-16(23-18)9-6-11(20)15(27-2)12(21)7-9/h6-7,16,23H,3-5,8H2,1-2H3,(H,22,25)/t16-/m1/s1. The minimum absolute atomic E-state index is 0.103. The first-order valence-electron chi connectivity index (χ1n) is 9.09. The van der Waals surface area contributed by atoms with Gasteiger partial charge < -0.3 is 25.0 Å². The second-order valence-corrected chi connectivity index (χ2v) is 9.46. The molecule has 29 heavy (non-hydrogen) atoms. The van der Waals surface area contributed by atoms with Gasteiger partial charge in [0.2, 0.25) is 0 Å². The molecule has 4 rings (SSSR count). The second kappa shape index (κ2) is 8.16. The molecule has 7 nitrogen and oxygen atoms in total. The van der Waals surface area contributed by atoms with Crippen LogP contribution in [-0.4, -0.2) is 37.2 Å². The number of nitrogens with zero attached hydrogens (tertiary/aromatic N) is 1. The first-order chi connectivity index (χ1) is 13.9. The summed E-state index contributed by atoms with van der Waals surface area (Å²) in [4.78, 5) is 27.7. The number of methoxy groups -OCH3 is 1. The average molecular weight is 545 g/mol. The molecular formula is C19H19Br2N3O4S. The molecule has 0 bridgehead atoms. The average Bonchev–Trinajstić information content (AvgIpc) is 3.05. The lowest BCUT2D eigenvalue weighted by atomic mass is 10.0. The van der Waals surface area contributed by atoms with Gasteiger partial charge in [0.15, 0.2) is 0 Å². The summed E-state index contributed by atoms with van der Waals surface area (Å²) in [5.41, 5.74) is 2.60. The quantitative estimate of drug-likeness (QED) is 0.588. The molecule has 0 fully saturated rings. The molecular weight excluding hydrogens is 526 g/mol. The molecule has 2 amide bonds. The van der Waals surface area contributed by atoms with Crippen LogP contribution in [0.15, 0.2) is 21.1 Å². The van der Waals surface area contributed by atoms with Crippen molar-refractivity contribution in [2.24, 2.45) is 0 Å². The summed E-state index contributed by atoms with van der Waals surface area (Å²) < 4.78 is 12.1. The van der Waals surface area contributed by atoms with Gasteiger partial charge in [0.1, 0.15) is 16.9 Å². The summed E-state index contributed by atoms with van der Waals surface area (Å²) in [6.07, 6.45) is -0.0400. The Bertz CT molecular complexity index is 971. The van der Waals surface area contributed by atoms with Crippen LogP contribution in [-0.2, 0) is 17.7 Å². The predicted molar refractivity (Wildman–Crippen MR) is 118 cm³/mol. The number of rotatable bonds is 3. The molecule has 0 unspecified atom stereocenters. The fraction of sp³-hybridized carbons (Fsp3) is 0.368. The van der Waals surface area contributed by atoms with E-state index in [0.717, 1.165) is 30.0 Å². The molecule has 3 heterocycles. The zero-order chi connectivity index (χ0) is 20.7. The molecule has 2 aliphatic heterocycles. The lowest BCUT2D eigenvalue weighted by Gasteiger charge is -2.28. The molecule has 2 aromatic rings. The number of nitrogens with one attached hydrogen (secondary N) is 2. The van der Waals surface area contributed by atoms with Gasteiger partial charge in [-0.1, -0.05) is 0 Å². The van der Waals surface area contributed by atoms with Crippen molar-refractivity contribution in [2.75, 3.05) is 25.6 Å². The molecule has 0 radical (unpaired) electrons. The summed E-state index contributed by atoms with van der Waals surface area (Å²) in [7, 11) is 1.60. The number of thiophene rings is 1. The largest absolute Gasteiger partial charge is 0.494 e. The van der Waals surface area contributed by atoms with Gasteiger partial charge in [-0.15, -0.1) is 11.3 Å². The highest BCUT2D eigenvalue weighted by atomic mass is 79.9. The van der Waals surface area contributed by atoms with Gasteiger partial charge in [-0.25, -0.2) is 4.79 Å². The van der Waals surface area contributed by atoms with E-state index >= 15 is 0 Å². The van der Waals surface area contributed by atoms with Crippen molar-refractivity contribution in [1.82, 2.24) is 10.2 Å². The van der Waals surface area contributed by atoms with Crippen molar-refractivity contribution < 1.29 is 19.1 Å². The molecule has 1 atom stereocenters. The van der Waals surface area contributed by atoms with Crippen LogP contribution in [0.3, 0.4) is 0 Å². The lowest BCUT2D eigenvalue weighted by Crippen LogP contribution is -2.39. The van der Waals surface area contributed by atoms with Crippen molar-refractivity contribution >= 4 is 60.2 Å². The van der Waals surface area contributed by atoms with Crippen LogP contribution in [0.25, 0.3) is 0 Å². The van der Waals surface area contributed by atoms with E-state index in [1.807, 2.05) is 12.1 Å². The van der Waals surface area contributed by atoms with E-state index in [2.05, 4.69) is 42.5 Å². The first kappa shape index (κ1) is 20.5. The molecule has 1 aromatic heterocycles. The molecule has 0 saturated carbocycles. The van der Waals surface area contributed by atoms with Crippen molar-refractivity contribution in [1.29, 1.82) is 0 Å². The molecule has 2 aliphatic rings. The first-order valence-corrected chi connectivity index (χ1v) is 11.5. The summed E-state index contributed by atoms with van der Waals surface area (Å²) >= 11 is 8.54. The van der Waals surface area contributed by atoms with Gasteiger partial charge in [-0.05, 0) is 68.5 Å². The smallest absolute Gasteiger partial charge is 0.410 e. The van der Waals surface area contributed by atoms with Crippen molar-refractivity contribution in [2.45, 2.75) is 26.1 Å². The Labute approximate surface area is 189 Å². The number of benzene rings is 1. The zero-order valence-electron chi connectivity index (χ0n) is 15.8. The number of halogens is 2. The van der Waals surface area contributed by atoms with Crippen LogP contribution in [0.1, 0.15) is 39.5 Å². The van der Waals surface area contributed by atoms with E-state index in [4.69, 9.17) is 9.47 Å². The van der Waals surface area contributed by atoms with Gasteiger partial charge in [0.25, 0.3) is 5.91 Å². The number of ether oxygens (including phenoxy) is 2. The highest BCUT2D eigenvalue weighted by molar-refractivity contribution is 9.11. The molecule has 0 saturated heterocycles. The van der Waals surface area contributed by atoms with Gasteiger partial charge >= 0.3 is 6.09 Å². The monoisotopic (exact) mass is 543 g/mol. The molecule has 1 aromatic carbocycles. The predicted octanol–water partition coefficient (Wildman–Crippen LogP) is 4.65. The Hall–Kier alpha value is -1.78. The molecule has 0 spiro atoms. The van der Waals surface area contributed by atoms with E-state index < -0.39 is 0 Å². The minimum atomic E-state index is -0.366. The Balaban J connectivity index is 1.61. The Morgan fingerprint density at radius 1 is 1.31 bits per heavy atom. The lowest BCUT2D eigenvalue weighted by molar-refractivity contribution is 0.0934. The number of carbonyl (C=O) groups excluding carboxylic acids is 2. The number of hydrogen-bond donors (Lipinski definition) is 2. The van der Waals surface area contributed by atoms with Gasteiger partial charge in [0.05, 0.1) is 34.8 Å². The van der Waals surface area contributed by atoms with E-state index in [1.165, 1.54) is 11.3 Å². The minimum Gasteiger partial charge on any atom is -0.494 e.